The van der Waals surface area contributed by atoms with Gasteiger partial charge in [-0.25, -0.2) is 4.79 Å². The molecule has 0 aliphatic rings. The molecule has 1 aromatic rings. The van der Waals surface area contributed by atoms with Gasteiger partial charge < -0.3 is 20.3 Å². The number of ether oxygens (including phenoxy) is 1. The normalized spacial score (nSPS) is 14.4. The number of hydrogen-bond acceptors (Lipinski definition) is 5. The minimum absolute atomic E-state index is 0.220. The number of rotatable bonds is 5. The largest absolute Gasteiger partial charge is 0.444 e. The van der Waals surface area contributed by atoms with Crippen LogP contribution in [-0.4, -0.2) is 34.6 Å². The van der Waals surface area contributed by atoms with Crippen molar-refractivity contribution in [1.82, 2.24) is 5.32 Å². The van der Waals surface area contributed by atoms with Crippen LogP contribution < -0.4 is 5.32 Å². The Labute approximate surface area is 130 Å². The van der Waals surface area contributed by atoms with Crippen LogP contribution in [0.3, 0.4) is 0 Å². The molecule has 21 heavy (non-hydrogen) atoms. The van der Waals surface area contributed by atoms with E-state index in [1.807, 2.05) is 0 Å². The first-order chi connectivity index (χ1) is 9.69. The Morgan fingerprint density at radius 3 is 2.38 bits per heavy atom. The molecule has 2 atom stereocenters. The van der Waals surface area contributed by atoms with E-state index in [2.05, 4.69) is 17.9 Å². The predicted molar refractivity (Wildman–Crippen MR) is 83.5 cm³/mol. The minimum Gasteiger partial charge on any atom is -0.444 e. The van der Waals surface area contributed by atoms with Gasteiger partial charge in [0.15, 0.2) is 0 Å². The second kappa shape index (κ2) is 7.68. The van der Waals surface area contributed by atoms with Crippen LogP contribution in [0.5, 0.6) is 0 Å². The molecule has 1 aromatic carbocycles. The molecule has 0 fully saturated rings. The van der Waals surface area contributed by atoms with Gasteiger partial charge in [-0.15, -0.1) is 12.6 Å². The zero-order valence-electron chi connectivity index (χ0n) is 12.5. The van der Waals surface area contributed by atoms with E-state index >= 15 is 0 Å². The van der Waals surface area contributed by atoms with Crippen molar-refractivity contribution in [3.05, 3.63) is 29.8 Å². The number of aliphatic hydroxyl groups excluding tert-OH is 2. The van der Waals surface area contributed by atoms with E-state index in [4.69, 9.17) is 4.74 Å². The van der Waals surface area contributed by atoms with Crippen molar-refractivity contribution in [2.75, 3.05) is 6.54 Å². The van der Waals surface area contributed by atoms with E-state index in [1.54, 1.807) is 45.0 Å². The fraction of sp³-hybridized carbons (Fsp3) is 0.533. The second-order valence-electron chi connectivity index (χ2n) is 5.82. The van der Waals surface area contributed by atoms with E-state index in [0.29, 0.717) is 5.56 Å². The van der Waals surface area contributed by atoms with Crippen molar-refractivity contribution >= 4 is 18.7 Å². The van der Waals surface area contributed by atoms with Gasteiger partial charge in [-0.2, -0.15) is 0 Å². The first-order valence-electron chi connectivity index (χ1n) is 6.81. The number of carbonyl (C=O) groups is 1. The van der Waals surface area contributed by atoms with Crippen LogP contribution in [0.25, 0.3) is 0 Å². The number of benzene rings is 1. The van der Waals surface area contributed by atoms with Gasteiger partial charge >= 0.3 is 6.09 Å². The number of aliphatic hydroxyl groups is 2. The summed E-state index contributed by atoms with van der Waals surface area (Å²) in [6.45, 7) is 5.54. The zero-order chi connectivity index (χ0) is 16.0. The Morgan fingerprint density at radius 1 is 1.29 bits per heavy atom. The molecule has 0 saturated heterocycles. The maximum absolute atomic E-state index is 11.4. The standard InChI is InChI=1S/C15H23NO4S/c1-15(2,3)20-14(19)16-9-8-12(17)13(18)10-4-6-11(21)7-5-10/h4-7,12-13,17-18,21H,8-9H2,1-3H3,(H,16,19). The smallest absolute Gasteiger partial charge is 0.407 e. The summed E-state index contributed by atoms with van der Waals surface area (Å²) in [4.78, 5) is 12.2. The maximum atomic E-state index is 11.4. The van der Waals surface area contributed by atoms with Crippen molar-refractivity contribution in [1.29, 1.82) is 0 Å². The van der Waals surface area contributed by atoms with E-state index in [9.17, 15) is 15.0 Å². The lowest BCUT2D eigenvalue weighted by molar-refractivity contribution is 0.0123. The van der Waals surface area contributed by atoms with Gasteiger partial charge in [0.25, 0.3) is 0 Å². The lowest BCUT2D eigenvalue weighted by Gasteiger charge is -2.21. The molecule has 1 rings (SSSR count). The predicted octanol–water partition coefficient (Wildman–Crippen LogP) is 2.28. The summed E-state index contributed by atoms with van der Waals surface area (Å²) in [5.74, 6) is 0. The number of nitrogens with one attached hydrogen (secondary N) is 1. The lowest BCUT2D eigenvalue weighted by atomic mass is 10.0. The average molecular weight is 313 g/mol. The van der Waals surface area contributed by atoms with Crippen LogP contribution in [0.2, 0.25) is 0 Å². The second-order valence-corrected chi connectivity index (χ2v) is 6.34. The molecular weight excluding hydrogens is 290 g/mol. The fourth-order valence-electron chi connectivity index (χ4n) is 1.69. The van der Waals surface area contributed by atoms with Crippen molar-refractivity contribution < 1.29 is 19.7 Å². The number of amides is 1. The van der Waals surface area contributed by atoms with Crippen molar-refractivity contribution in [3.63, 3.8) is 0 Å². The molecule has 5 nitrogen and oxygen atoms in total. The third-order valence-corrected chi connectivity index (χ3v) is 3.01. The van der Waals surface area contributed by atoms with Crippen molar-refractivity contribution in [2.45, 2.75) is 49.9 Å². The minimum atomic E-state index is -1.00. The third-order valence-electron chi connectivity index (χ3n) is 2.71. The quantitative estimate of drug-likeness (QED) is 0.629. The summed E-state index contributed by atoms with van der Waals surface area (Å²) < 4.78 is 5.08. The fourth-order valence-corrected chi connectivity index (χ4v) is 1.84. The third kappa shape index (κ3) is 6.84. The van der Waals surface area contributed by atoms with E-state index in [1.165, 1.54) is 0 Å². The molecule has 0 spiro atoms. The van der Waals surface area contributed by atoms with Gasteiger partial charge in [0.1, 0.15) is 11.7 Å². The molecule has 0 radical (unpaired) electrons. The number of carbonyl (C=O) groups excluding carboxylic acids is 1. The van der Waals surface area contributed by atoms with Crippen LogP contribution in [0.15, 0.2) is 29.2 Å². The number of thiol groups is 1. The average Bonchev–Trinajstić information content (AvgIpc) is 2.36. The summed E-state index contributed by atoms with van der Waals surface area (Å²) in [5.41, 5.74) is 0.0502. The van der Waals surface area contributed by atoms with E-state index < -0.39 is 23.9 Å². The SMILES string of the molecule is CC(C)(C)OC(=O)NCCC(O)C(O)c1ccc(S)cc1. The molecule has 2 unspecified atom stereocenters. The Balaban J connectivity index is 2.38. The first-order valence-corrected chi connectivity index (χ1v) is 7.25. The zero-order valence-corrected chi connectivity index (χ0v) is 13.4. The first kappa shape index (κ1) is 17.8. The number of alkyl carbamates (subject to hydrolysis) is 1. The summed E-state index contributed by atoms with van der Waals surface area (Å²) in [6, 6.07) is 6.90. The Kier molecular flexibility index (Phi) is 6.51. The molecule has 3 N–H and O–H groups in total. The summed E-state index contributed by atoms with van der Waals surface area (Å²) in [7, 11) is 0. The van der Waals surface area contributed by atoms with Crippen LogP contribution in [0.4, 0.5) is 4.79 Å². The lowest BCUT2D eigenvalue weighted by Crippen LogP contribution is -2.34. The molecule has 0 bridgehead atoms. The van der Waals surface area contributed by atoms with Gasteiger partial charge in [0.05, 0.1) is 6.10 Å². The van der Waals surface area contributed by atoms with Crippen LogP contribution in [0.1, 0.15) is 38.9 Å². The van der Waals surface area contributed by atoms with E-state index in [0.717, 1.165) is 4.90 Å². The highest BCUT2D eigenvalue weighted by molar-refractivity contribution is 7.80. The highest BCUT2D eigenvalue weighted by Gasteiger charge is 2.19. The van der Waals surface area contributed by atoms with E-state index in [-0.39, 0.29) is 13.0 Å². The molecule has 0 aliphatic heterocycles. The maximum Gasteiger partial charge on any atom is 0.407 e. The topological polar surface area (TPSA) is 78.8 Å². The summed E-state index contributed by atoms with van der Waals surface area (Å²) in [5, 5.41) is 22.5. The molecule has 0 saturated carbocycles. The monoisotopic (exact) mass is 313 g/mol. The van der Waals surface area contributed by atoms with Gasteiger partial charge in [-0.1, -0.05) is 12.1 Å². The van der Waals surface area contributed by atoms with Crippen molar-refractivity contribution in [2.24, 2.45) is 0 Å². The molecular formula is C15H23NO4S. The Bertz CT molecular complexity index is 456. The molecule has 1 amide bonds. The van der Waals surface area contributed by atoms with Crippen LogP contribution in [-0.2, 0) is 4.74 Å². The van der Waals surface area contributed by atoms with Gasteiger partial charge in [-0.3, -0.25) is 0 Å². The molecule has 0 aliphatic carbocycles. The molecule has 6 heteroatoms. The Hall–Kier alpha value is -1.24. The van der Waals surface area contributed by atoms with Gasteiger partial charge in [0, 0.05) is 11.4 Å². The van der Waals surface area contributed by atoms with Gasteiger partial charge in [0.2, 0.25) is 0 Å². The summed E-state index contributed by atoms with van der Waals surface area (Å²) >= 11 is 4.16. The van der Waals surface area contributed by atoms with Crippen LogP contribution >= 0.6 is 12.6 Å². The van der Waals surface area contributed by atoms with Crippen LogP contribution in [0, 0.1) is 0 Å². The highest BCUT2D eigenvalue weighted by atomic mass is 32.1. The number of hydrogen-bond donors (Lipinski definition) is 4. The Morgan fingerprint density at radius 2 is 1.86 bits per heavy atom. The van der Waals surface area contributed by atoms with Crippen molar-refractivity contribution in [3.8, 4) is 0 Å². The summed E-state index contributed by atoms with van der Waals surface area (Å²) in [6.07, 6.45) is -2.28. The van der Waals surface area contributed by atoms with Gasteiger partial charge in [-0.05, 0) is 44.9 Å². The molecule has 0 heterocycles. The molecule has 0 aromatic heterocycles. The highest BCUT2D eigenvalue weighted by Crippen LogP contribution is 2.20. The molecule has 118 valence electrons.